The minimum absolute atomic E-state index is 0. The molecule has 3 N–H and O–H groups in total. The van der Waals surface area contributed by atoms with E-state index in [-0.39, 0.29) is 29.4 Å². The van der Waals surface area contributed by atoms with Crippen molar-refractivity contribution in [3.05, 3.63) is 64.6 Å². The largest absolute Gasteiger partial charge is 0.370 e. The molecule has 1 aliphatic rings. The molecule has 0 atom stereocenters. The van der Waals surface area contributed by atoms with Crippen molar-refractivity contribution in [1.29, 1.82) is 0 Å². The average Bonchev–Trinajstić information content (AvgIpc) is 3.28. The van der Waals surface area contributed by atoms with Crippen LogP contribution in [0, 0.1) is 0 Å². The van der Waals surface area contributed by atoms with E-state index in [4.69, 9.17) is 5.73 Å². The van der Waals surface area contributed by atoms with E-state index in [1.807, 2.05) is 36.4 Å². The highest BCUT2D eigenvalue weighted by Crippen LogP contribution is 2.50. The maximum atomic E-state index is 5.98. The van der Waals surface area contributed by atoms with Crippen LogP contribution < -0.4 is 11.1 Å². The van der Waals surface area contributed by atoms with Gasteiger partial charge in [-0.25, -0.2) is 0 Å². The van der Waals surface area contributed by atoms with E-state index in [1.165, 1.54) is 5.56 Å². The Bertz CT molecular complexity index is 654. The molecule has 0 aromatic heterocycles. The fourth-order valence-corrected chi connectivity index (χ4v) is 3.21. The van der Waals surface area contributed by atoms with Crippen molar-refractivity contribution in [3.63, 3.8) is 0 Å². The Labute approximate surface area is 156 Å². The summed E-state index contributed by atoms with van der Waals surface area (Å²) in [5, 5.41) is 3.12. The summed E-state index contributed by atoms with van der Waals surface area (Å²) in [6.07, 6.45) is 2.33. The zero-order chi connectivity index (χ0) is 14.7. The van der Waals surface area contributed by atoms with Gasteiger partial charge >= 0.3 is 0 Å². The first-order chi connectivity index (χ1) is 10.2. The van der Waals surface area contributed by atoms with Crippen molar-refractivity contribution in [2.24, 2.45) is 10.7 Å². The Morgan fingerprint density at radius 2 is 1.73 bits per heavy atom. The molecule has 0 spiro atoms. The second-order valence-corrected chi connectivity index (χ2v) is 6.31. The number of nitrogens with zero attached hydrogens (tertiary/aromatic N) is 1. The van der Waals surface area contributed by atoms with Crippen LogP contribution in [-0.4, -0.2) is 12.5 Å². The number of guanidine groups is 1. The number of nitrogens with two attached hydrogens (primary N) is 1. The third-order valence-corrected chi connectivity index (χ3v) is 4.59. The van der Waals surface area contributed by atoms with Crippen LogP contribution >= 0.6 is 39.9 Å². The lowest BCUT2D eigenvalue weighted by Crippen LogP contribution is -2.25. The highest BCUT2D eigenvalue weighted by atomic mass is 127. The SMILES string of the molecule is I.NC(=NCC1(c2ccccc2Br)CC1)Nc1ccccc1. The molecule has 0 heterocycles. The number of aliphatic imine (C=N–C) groups is 1. The van der Waals surface area contributed by atoms with Gasteiger partial charge in [-0.1, -0.05) is 52.3 Å². The molecule has 3 nitrogen and oxygen atoms in total. The number of halogens is 2. The fraction of sp³-hybridized carbons (Fsp3) is 0.235. The molecule has 0 saturated heterocycles. The first-order valence-electron chi connectivity index (χ1n) is 7.07. The monoisotopic (exact) mass is 471 g/mol. The topological polar surface area (TPSA) is 50.4 Å². The summed E-state index contributed by atoms with van der Waals surface area (Å²) in [6, 6.07) is 18.3. The first-order valence-corrected chi connectivity index (χ1v) is 7.86. The number of hydrogen-bond donors (Lipinski definition) is 2. The van der Waals surface area contributed by atoms with Crippen LogP contribution in [0.25, 0.3) is 0 Å². The number of benzene rings is 2. The predicted octanol–water partition coefficient (Wildman–Crippen LogP) is 4.53. The summed E-state index contributed by atoms with van der Waals surface area (Å²) in [4.78, 5) is 4.53. The molecule has 1 aliphatic carbocycles. The Balaban J connectivity index is 0.00000176. The van der Waals surface area contributed by atoms with Gasteiger partial charge in [0.25, 0.3) is 0 Å². The van der Waals surface area contributed by atoms with E-state index in [2.05, 4.69) is 44.4 Å². The molecule has 0 amide bonds. The summed E-state index contributed by atoms with van der Waals surface area (Å²) in [5.41, 5.74) is 8.44. The summed E-state index contributed by atoms with van der Waals surface area (Å²) >= 11 is 3.64. The van der Waals surface area contributed by atoms with Crippen LogP contribution in [0.15, 0.2) is 64.1 Å². The lowest BCUT2D eigenvalue weighted by molar-refractivity contribution is 0.702. The molecule has 0 bridgehead atoms. The quantitative estimate of drug-likeness (QED) is 0.391. The summed E-state index contributed by atoms with van der Waals surface area (Å²) < 4.78 is 1.16. The van der Waals surface area contributed by atoms with Crippen molar-refractivity contribution < 1.29 is 0 Å². The minimum atomic E-state index is 0. The van der Waals surface area contributed by atoms with E-state index in [0.29, 0.717) is 5.96 Å². The van der Waals surface area contributed by atoms with Gasteiger partial charge in [0.15, 0.2) is 5.96 Å². The molecule has 2 aromatic rings. The van der Waals surface area contributed by atoms with Gasteiger partial charge in [0.05, 0.1) is 6.54 Å². The molecule has 3 rings (SSSR count). The van der Waals surface area contributed by atoms with Crippen molar-refractivity contribution in [2.75, 3.05) is 11.9 Å². The Morgan fingerprint density at radius 1 is 1.09 bits per heavy atom. The smallest absolute Gasteiger partial charge is 0.193 e. The van der Waals surface area contributed by atoms with E-state index in [9.17, 15) is 0 Å². The predicted molar refractivity (Wildman–Crippen MR) is 107 cm³/mol. The van der Waals surface area contributed by atoms with Crippen LogP contribution in [-0.2, 0) is 5.41 Å². The Morgan fingerprint density at radius 3 is 2.36 bits per heavy atom. The van der Waals surface area contributed by atoms with E-state index in [1.54, 1.807) is 0 Å². The zero-order valence-electron chi connectivity index (χ0n) is 12.1. The molecule has 5 heteroatoms. The third kappa shape index (κ3) is 4.01. The van der Waals surface area contributed by atoms with Gasteiger partial charge in [0.1, 0.15) is 0 Å². The van der Waals surface area contributed by atoms with Crippen LogP contribution in [0.4, 0.5) is 5.69 Å². The normalized spacial score (nSPS) is 15.8. The van der Waals surface area contributed by atoms with E-state index < -0.39 is 0 Å². The van der Waals surface area contributed by atoms with Crippen LogP contribution in [0.1, 0.15) is 18.4 Å². The Hall–Kier alpha value is -1.08. The van der Waals surface area contributed by atoms with Gasteiger partial charge in [0, 0.05) is 15.6 Å². The summed E-state index contributed by atoms with van der Waals surface area (Å²) in [5.74, 6) is 0.472. The standard InChI is InChI=1S/C17H18BrN3.HI/c18-15-9-5-4-8-14(15)17(10-11-17)12-20-16(19)21-13-6-2-1-3-7-13;/h1-9H,10-12H2,(H3,19,20,21);1H. The second kappa shape index (κ2) is 7.46. The zero-order valence-corrected chi connectivity index (χ0v) is 16.0. The molecule has 0 aliphatic heterocycles. The molecular weight excluding hydrogens is 453 g/mol. The number of nitrogens with one attached hydrogen (secondary N) is 1. The van der Waals surface area contributed by atoms with Gasteiger partial charge in [-0.2, -0.15) is 0 Å². The number of hydrogen-bond acceptors (Lipinski definition) is 1. The van der Waals surface area contributed by atoms with Crippen molar-refractivity contribution >= 4 is 51.6 Å². The molecule has 1 fully saturated rings. The first kappa shape index (κ1) is 17.3. The van der Waals surface area contributed by atoms with Crippen molar-refractivity contribution in [2.45, 2.75) is 18.3 Å². The van der Waals surface area contributed by atoms with Gasteiger partial charge < -0.3 is 11.1 Å². The fourth-order valence-electron chi connectivity index (χ4n) is 2.50. The molecule has 2 aromatic carbocycles. The van der Waals surface area contributed by atoms with Gasteiger partial charge in [0.2, 0.25) is 0 Å². The van der Waals surface area contributed by atoms with Crippen LogP contribution in [0.5, 0.6) is 0 Å². The minimum Gasteiger partial charge on any atom is -0.370 e. The van der Waals surface area contributed by atoms with Gasteiger partial charge in [-0.15, -0.1) is 24.0 Å². The lowest BCUT2D eigenvalue weighted by atomic mass is 9.96. The number of para-hydroxylation sites is 1. The summed E-state index contributed by atoms with van der Waals surface area (Å²) in [7, 11) is 0. The summed E-state index contributed by atoms with van der Waals surface area (Å²) in [6.45, 7) is 0.723. The lowest BCUT2D eigenvalue weighted by Gasteiger charge is -2.15. The van der Waals surface area contributed by atoms with Crippen LogP contribution in [0.3, 0.4) is 0 Å². The number of anilines is 1. The maximum absolute atomic E-state index is 5.98. The highest BCUT2D eigenvalue weighted by molar-refractivity contribution is 14.0. The molecule has 22 heavy (non-hydrogen) atoms. The molecular formula is C17H19BrIN3. The number of rotatable bonds is 4. The maximum Gasteiger partial charge on any atom is 0.193 e. The highest BCUT2D eigenvalue weighted by Gasteiger charge is 2.45. The molecule has 0 unspecified atom stereocenters. The van der Waals surface area contributed by atoms with Gasteiger partial charge in [-0.3, -0.25) is 4.99 Å². The second-order valence-electron chi connectivity index (χ2n) is 5.45. The van der Waals surface area contributed by atoms with E-state index >= 15 is 0 Å². The van der Waals surface area contributed by atoms with Crippen molar-refractivity contribution in [3.8, 4) is 0 Å². The van der Waals surface area contributed by atoms with Gasteiger partial charge in [-0.05, 0) is 36.6 Å². The van der Waals surface area contributed by atoms with E-state index in [0.717, 1.165) is 29.5 Å². The Kier molecular flexibility index (Phi) is 5.86. The van der Waals surface area contributed by atoms with Crippen molar-refractivity contribution in [1.82, 2.24) is 0 Å². The van der Waals surface area contributed by atoms with Crippen LogP contribution in [0.2, 0.25) is 0 Å². The third-order valence-electron chi connectivity index (χ3n) is 3.90. The molecule has 116 valence electrons. The average molecular weight is 472 g/mol. The molecule has 0 radical (unpaired) electrons. The molecule has 1 saturated carbocycles.